The van der Waals surface area contributed by atoms with Gasteiger partial charge in [0.05, 0.1) is 11.8 Å². The Balaban J connectivity index is 2.14. The van der Waals surface area contributed by atoms with E-state index in [-0.39, 0.29) is 6.10 Å². The summed E-state index contributed by atoms with van der Waals surface area (Å²) in [6.07, 6.45) is 9.87. The third-order valence-electron chi connectivity index (χ3n) is 3.93. The van der Waals surface area contributed by atoms with Gasteiger partial charge in [-0.25, -0.2) is 0 Å². The molecule has 1 aromatic heterocycles. The zero-order valence-electron chi connectivity index (χ0n) is 10.7. The largest absolute Gasteiger partial charge is 0.387 e. The van der Waals surface area contributed by atoms with E-state index in [2.05, 4.69) is 18.0 Å². The topological polar surface area (TPSA) is 33.1 Å². The van der Waals surface area contributed by atoms with Gasteiger partial charge in [0.25, 0.3) is 0 Å². The van der Waals surface area contributed by atoms with E-state index in [0.29, 0.717) is 5.92 Å². The Morgan fingerprint density at radius 1 is 1.29 bits per heavy atom. The molecule has 0 aliphatic heterocycles. The number of hydrogen-bond donors (Lipinski definition) is 1. The fourth-order valence-electron chi connectivity index (χ4n) is 2.87. The van der Waals surface area contributed by atoms with Crippen molar-refractivity contribution in [3.63, 3.8) is 0 Å². The van der Waals surface area contributed by atoms with Crippen LogP contribution in [-0.4, -0.2) is 10.1 Å². The summed E-state index contributed by atoms with van der Waals surface area (Å²) in [6, 6.07) is 4.05. The van der Waals surface area contributed by atoms with E-state index in [1.165, 1.54) is 31.2 Å². The van der Waals surface area contributed by atoms with Gasteiger partial charge in [0, 0.05) is 6.20 Å². The molecule has 0 saturated heterocycles. The van der Waals surface area contributed by atoms with Crippen LogP contribution in [0.15, 0.2) is 18.3 Å². The lowest BCUT2D eigenvalue weighted by Crippen LogP contribution is -2.15. The van der Waals surface area contributed by atoms with Crippen molar-refractivity contribution in [3.8, 4) is 0 Å². The van der Waals surface area contributed by atoms with Crippen LogP contribution in [0.2, 0.25) is 0 Å². The first-order chi connectivity index (χ1) is 8.33. The van der Waals surface area contributed by atoms with Gasteiger partial charge in [-0.05, 0) is 36.8 Å². The molecule has 0 radical (unpaired) electrons. The number of hydrogen-bond acceptors (Lipinski definition) is 2. The second kappa shape index (κ2) is 6.15. The van der Waals surface area contributed by atoms with Gasteiger partial charge in [-0.3, -0.25) is 4.98 Å². The van der Waals surface area contributed by atoms with Crippen LogP contribution in [0, 0.1) is 5.92 Å². The Hall–Kier alpha value is -0.890. The first-order valence-electron chi connectivity index (χ1n) is 6.94. The lowest BCUT2D eigenvalue weighted by Gasteiger charge is -2.22. The number of rotatable bonds is 3. The van der Waals surface area contributed by atoms with E-state index in [1.807, 2.05) is 6.07 Å². The van der Waals surface area contributed by atoms with Crippen molar-refractivity contribution in [1.82, 2.24) is 4.98 Å². The van der Waals surface area contributed by atoms with Crippen LogP contribution < -0.4 is 0 Å². The van der Waals surface area contributed by atoms with Crippen LogP contribution in [0.4, 0.5) is 0 Å². The SMILES string of the molecule is CCc1cccnc1C(O)C1CCCCCC1. The predicted octanol–water partition coefficient (Wildman–Crippen LogP) is 3.65. The van der Waals surface area contributed by atoms with Gasteiger partial charge in [-0.2, -0.15) is 0 Å². The molecule has 1 atom stereocenters. The van der Waals surface area contributed by atoms with Crippen LogP contribution in [0.25, 0.3) is 0 Å². The minimum atomic E-state index is -0.357. The summed E-state index contributed by atoms with van der Waals surface area (Å²) >= 11 is 0. The highest BCUT2D eigenvalue weighted by molar-refractivity contribution is 5.22. The normalized spacial score (nSPS) is 19.9. The maximum atomic E-state index is 10.5. The van der Waals surface area contributed by atoms with Crippen LogP contribution in [0.1, 0.15) is 62.8 Å². The first kappa shape index (κ1) is 12.6. The van der Waals surface area contributed by atoms with Gasteiger partial charge in [0.15, 0.2) is 0 Å². The first-order valence-corrected chi connectivity index (χ1v) is 6.94. The van der Waals surface area contributed by atoms with E-state index < -0.39 is 0 Å². The van der Waals surface area contributed by atoms with E-state index in [4.69, 9.17) is 0 Å². The molecule has 94 valence electrons. The Morgan fingerprint density at radius 3 is 2.65 bits per heavy atom. The molecule has 1 aliphatic carbocycles. The number of aliphatic hydroxyl groups excluding tert-OH is 1. The lowest BCUT2D eigenvalue weighted by molar-refractivity contribution is 0.0939. The summed E-state index contributed by atoms with van der Waals surface area (Å²) in [5.74, 6) is 0.415. The van der Waals surface area contributed by atoms with Crippen molar-refractivity contribution in [2.45, 2.75) is 58.0 Å². The van der Waals surface area contributed by atoms with Gasteiger partial charge in [-0.1, -0.05) is 38.7 Å². The number of aryl methyl sites for hydroxylation is 1. The summed E-state index contributed by atoms with van der Waals surface area (Å²) < 4.78 is 0. The molecular formula is C15H23NO. The van der Waals surface area contributed by atoms with Crippen LogP contribution >= 0.6 is 0 Å². The molecular weight excluding hydrogens is 210 g/mol. The van der Waals surface area contributed by atoms with E-state index in [0.717, 1.165) is 25.0 Å². The summed E-state index contributed by atoms with van der Waals surface area (Å²) in [5, 5.41) is 10.5. The van der Waals surface area contributed by atoms with E-state index in [1.54, 1.807) is 6.20 Å². The van der Waals surface area contributed by atoms with Crippen LogP contribution in [0.3, 0.4) is 0 Å². The number of aliphatic hydroxyl groups is 1. The maximum Gasteiger partial charge on any atom is 0.0990 e. The molecule has 0 amide bonds. The molecule has 1 aromatic rings. The smallest absolute Gasteiger partial charge is 0.0990 e. The second-order valence-electron chi connectivity index (χ2n) is 5.10. The molecule has 2 heteroatoms. The molecule has 2 rings (SSSR count). The van der Waals surface area contributed by atoms with E-state index >= 15 is 0 Å². The third kappa shape index (κ3) is 3.06. The fraction of sp³-hybridized carbons (Fsp3) is 0.667. The van der Waals surface area contributed by atoms with Gasteiger partial charge in [-0.15, -0.1) is 0 Å². The van der Waals surface area contributed by atoms with Gasteiger partial charge >= 0.3 is 0 Å². The third-order valence-corrected chi connectivity index (χ3v) is 3.93. The molecule has 1 unspecified atom stereocenters. The lowest BCUT2D eigenvalue weighted by atomic mass is 9.90. The molecule has 1 fully saturated rings. The van der Waals surface area contributed by atoms with Gasteiger partial charge in [0.1, 0.15) is 0 Å². The minimum absolute atomic E-state index is 0.357. The number of aromatic nitrogens is 1. The Kier molecular flexibility index (Phi) is 4.55. The highest BCUT2D eigenvalue weighted by Crippen LogP contribution is 2.33. The number of pyridine rings is 1. The standard InChI is InChI=1S/C15H23NO/c1-2-12-10-7-11-16-14(12)15(17)13-8-5-3-4-6-9-13/h7,10-11,13,15,17H,2-6,8-9H2,1H3. The van der Waals surface area contributed by atoms with Crippen molar-refractivity contribution >= 4 is 0 Å². The molecule has 1 heterocycles. The average Bonchev–Trinajstić information content (AvgIpc) is 2.66. The van der Waals surface area contributed by atoms with Crippen molar-refractivity contribution < 1.29 is 5.11 Å². The Labute approximate surface area is 104 Å². The summed E-state index contributed by atoms with van der Waals surface area (Å²) in [6.45, 7) is 2.13. The maximum absolute atomic E-state index is 10.5. The summed E-state index contributed by atoms with van der Waals surface area (Å²) in [4.78, 5) is 4.41. The average molecular weight is 233 g/mol. The van der Waals surface area contributed by atoms with Crippen molar-refractivity contribution in [2.75, 3.05) is 0 Å². The molecule has 0 bridgehead atoms. The second-order valence-corrected chi connectivity index (χ2v) is 5.10. The molecule has 1 N–H and O–H groups in total. The van der Waals surface area contributed by atoms with Crippen molar-refractivity contribution in [2.24, 2.45) is 5.92 Å². The summed E-state index contributed by atoms with van der Waals surface area (Å²) in [5.41, 5.74) is 2.12. The number of nitrogens with zero attached hydrogens (tertiary/aromatic N) is 1. The van der Waals surface area contributed by atoms with E-state index in [9.17, 15) is 5.11 Å². The monoisotopic (exact) mass is 233 g/mol. The fourth-order valence-corrected chi connectivity index (χ4v) is 2.87. The minimum Gasteiger partial charge on any atom is -0.387 e. The summed E-state index contributed by atoms with van der Waals surface area (Å²) in [7, 11) is 0. The Morgan fingerprint density at radius 2 is 2.00 bits per heavy atom. The molecule has 17 heavy (non-hydrogen) atoms. The highest BCUT2D eigenvalue weighted by atomic mass is 16.3. The molecule has 0 aromatic carbocycles. The zero-order chi connectivity index (χ0) is 12.1. The molecule has 2 nitrogen and oxygen atoms in total. The quantitative estimate of drug-likeness (QED) is 0.808. The highest BCUT2D eigenvalue weighted by Gasteiger charge is 2.24. The Bertz CT molecular complexity index is 343. The van der Waals surface area contributed by atoms with Gasteiger partial charge < -0.3 is 5.11 Å². The molecule has 0 spiro atoms. The van der Waals surface area contributed by atoms with Crippen LogP contribution in [-0.2, 0) is 6.42 Å². The van der Waals surface area contributed by atoms with Crippen LogP contribution in [0.5, 0.6) is 0 Å². The van der Waals surface area contributed by atoms with Gasteiger partial charge in [0.2, 0.25) is 0 Å². The predicted molar refractivity (Wildman–Crippen MR) is 69.8 cm³/mol. The van der Waals surface area contributed by atoms with Crippen molar-refractivity contribution in [3.05, 3.63) is 29.6 Å². The van der Waals surface area contributed by atoms with Crippen molar-refractivity contribution in [1.29, 1.82) is 0 Å². The zero-order valence-corrected chi connectivity index (χ0v) is 10.7. The molecule has 1 saturated carbocycles. The molecule has 1 aliphatic rings.